The summed E-state index contributed by atoms with van der Waals surface area (Å²) in [6.45, 7) is 12.9. The summed E-state index contributed by atoms with van der Waals surface area (Å²) >= 11 is 0. The Hall–Kier alpha value is -4.11. The molecule has 1 fully saturated rings. The number of aliphatic hydroxyl groups is 1. The van der Waals surface area contributed by atoms with Crippen LogP contribution in [0, 0.1) is 11.7 Å². The van der Waals surface area contributed by atoms with Gasteiger partial charge in [-0.2, -0.15) is 0 Å². The lowest BCUT2D eigenvalue weighted by molar-refractivity contribution is -0.117. The Morgan fingerprint density at radius 1 is 1.05 bits per heavy atom. The Balaban J connectivity index is 1.78. The van der Waals surface area contributed by atoms with Crippen LogP contribution in [0.4, 0.5) is 14.9 Å². The van der Waals surface area contributed by atoms with Gasteiger partial charge in [0.25, 0.3) is 5.91 Å². The molecule has 0 saturated carbocycles. The molecule has 3 N–H and O–H groups in total. The largest absolute Gasteiger partial charge is 0.462 e. The normalized spacial score (nSPS) is 15.2. The maximum absolute atomic E-state index is 13.4. The van der Waals surface area contributed by atoms with Crippen molar-refractivity contribution in [1.29, 1.82) is 0 Å². The van der Waals surface area contributed by atoms with Crippen molar-refractivity contribution in [3.8, 4) is 17.2 Å². The predicted molar refractivity (Wildman–Crippen MR) is 168 cm³/mol. The number of piperidine rings is 1. The number of hydrogen-bond acceptors (Lipinski definition) is 5. The van der Waals surface area contributed by atoms with Crippen molar-refractivity contribution >= 4 is 17.6 Å². The smallest absolute Gasteiger partial charge is 0.321 e. The molecule has 0 unspecified atom stereocenters. The summed E-state index contributed by atoms with van der Waals surface area (Å²) in [5.74, 6) is 1.49. The number of likely N-dealkylation sites (tertiary alicyclic amines) is 1. The molecule has 0 bridgehead atoms. The number of benzene rings is 2. The maximum atomic E-state index is 13.4. The first kappa shape index (κ1) is 33.4. The Kier molecular flexibility index (Phi) is 12.4. The van der Waals surface area contributed by atoms with E-state index in [2.05, 4.69) is 31.1 Å². The number of hydrogen-bond donors (Lipinski definition) is 3. The molecule has 2 aromatic rings. The van der Waals surface area contributed by atoms with E-state index < -0.39 is 5.60 Å². The van der Waals surface area contributed by atoms with E-state index in [4.69, 9.17) is 9.47 Å². The lowest BCUT2D eigenvalue weighted by Gasteiger charge is -2.39. The van der Waals surface area contributed by atoms with Crippen molar-refractivity contribution in [3.05, 3.63) is 84.4 Å². The number of carbonyl (C=O) groups excluding carboxylic acids is 2. The lowest BCUT2D eigenvalue weighted by Crippen LogP contribution is -2.48. The molecule has 9 heteroatoms. The number of urea groups is 1. The molecule has 0 atom stereocenters. The number of anilines is 1. The average molecular weight is 594 g/mol. The highest BCUT2D eigenvalue weighted by atomic mass is 19.1. The molecular formula is C34H44FN3O5. The standard InChI is InChI=1S/C34H44FN3O5/c1-6-25(7-2)23-34(41)16-18-38(19-17-34)33(40)37-28-20-30(22-31(21-28)43-29-14-12-27(35)13-15-29)42-24(5)10-11-26(8-3)32(39)36-9-4/h8,10-15,20-22,25,41H,3,6-7,9,16-19,23H2,1-2,4-5H3,(H,36,39)(H,37,40)/b24-10+,26-11+. The fourth-order valence-electron chi connectivity index (χ4n) is 4.97. The van der Waals surface area contributed by atoms with Crippen LogP contribution < -0.4 is 20.1 Å². The van der Waals surface area contributed by atoms with Crippen LogP contribution in [0.15, 0.2) is 78.6 Å². The Labute approximate surface area is 254 Å². The van der Waals surface area contributed by atoms with E-state index in [0.29, 0.717) is 72.7 Å². The molecule has 0 radical (unpaired) electrons. The highest BCUT2D eigenvalue weighted by Crippen LogP contribution is 2.33. The molecule has 1 aliphatic rings. The van der Waals surface area contributed by atoms with Gasteiger partial charge in [-0.25, -0.2) is 9.18 Å². The number of ether oxygens (including phenoxy) is 2. The van der Waals surface area contributed by atoms with Gasteiger partial charge in [0, 0.05) is 49.1 Å². The van der Waals surface area contributed by atoms with Crippen LogP contribution in [0.25, 0.3) is 0 Å². The van der Waals surface area contributed by atoms with Gasteiger partial charge < -0.3 is 30.1 Å². The molecule has 43 heavy (non-hydrogen) atoms. The second-order valence-electron chi connectivity index (χ2n) is 10.8. The molecule has 1 saturated heterocycles. The van der Waals surface area contributed by atoms with Crippen LogP contribution >= 0.6 is 0 Å². The third-order valence-electron chi connectivity index (χ3n) is 7.58. The summed E-state index contributed by atoms with van der Waals surface area (Å²) in [7, 11) is 0. The molecular weight excluding hydrogens is 549 g/mol. The van der Waals surface area contributed by atoms with Crippen molar-refractivity contribution in [2.24, 2.45) is 5.92 Å². The molecule has 2 aromatic carbocycles. The predicted octanol–water partition coefficient (Wildman–Crippen LogP) is 7.33. The first-order valence-electron chi connectivity index (χ1n) is 14.9. The van der Waals surface area contributed by atoms with E-state index in [1.807, 2.05) is 6.92 Å². The number of rotatable bonds is 13. The number of halogens is 1. The van der Waals surface area contributed by atoms with Gasteiger partial charge in [0.2, 0.25) is 0 Å². The van der Waals surface area contributed by atoms with Crippen molar-refractivity contribution < 1.29 is 28.6 Å². The van der Waals surface area contributed by atoms with Crippen LogP contribution in [0.1, 0.15) is 59.8 Å². The summed E-state index contributed by atoms with van der Waals surface area (Å²) in [4.78, 5) is 27.1. The van der Waals surface area contributed by atoms with Crippen molar-refractivity contribution in [2.45, 2.75) is 65.4 Å². The van der Waals surface area contributed by atoms with Crippen molar-refractivity contribution in [3.63, 3.8) is 0 Å². The topological polar surface area (TPSA) is 100 Å². The second-order valence-corrected chi connectivity index (χ2v) is 10.8. The zero-order valence-electron chi connectivity index (χ0n) is 25.6. The number of likely N-dealkylation sites (N-methyl/N-ethyl adjacent to an activating group) is 1. The lowest BCUT2D eigenvalue weighted by atomic mass is 9.81. The molecule has 0 spiro atoms. The van der Waals surface area contributed by atoms with Crippen LogP contribution in [0.3, 0.4) is 0 Å². The molecule has 8 nitrogen and oxygen atoms in total. The van der Waals surface area contributed by atoms with E-state index >= 15 is 0 Å². The third-order valence-corrected chi connectivity index (χ3v) is 7.58. The number of nitrogens with one attached hydrogen (secondary N) is 2. The van der Waals surface area contributed by atoms with Gasteiger partial charge in [0.1, 0.15) is 28.8 Å². The van der Waals surface area contributed by atoms with Gasteiger partial charge in [0.05, 0.1) is 5.60 Å². The quantitative estimate of drug-likeness (QED) is 0.128. The minimum atomic E-state index is -0.752. The number of allylic oxidation sites excluding steroid dienone is 3. The van der Waals surface area contributed by atoms with Gasteiger partial charge in [0.15, 0.2) is 0 Å². The molecule has 3 rings (SSSR count). The zero-order chi connectivity index (χ0) is 31.4. The third kappa shape index (κ3) is 10.3. The summed E-state index contributed by atoms with van der Waals surface area (Å²) in [5.41, 5.74) is 0.0765. The number of amides is 3. The Morgan fingerprint density at radius 3 is 2.30 bits per heavy atom. The molecule has 3 amide bonds. The number of nitrogens with zero attached hydrogens (tertiary/aromatic N) is 1. The van der Waals surface area contributed by atoms with E-state index in [9.17, 15) is 19.1 Å². The van der Waals surface area contributed by atoms with Crippen LogP contribution in [-0.4, -0.2) is 47.2 Å². The fraction of sp³-hybridized carbons (Fsp3) is 0.412. The van der Waals surface area contributed by atoms with Gasteiger partial charge in [-0.05, 0) is 75.4 Å². The van der Waals surface area contributed by atoms with Crippen LogP contribution in [0.5, 0.6) is 17.2 Å². The molecule has 0 aliphatic carbocycles. The van der Waals surface area contributed by atoms with Crippen LogP contribution in [-0.2, 0) is 4.79 Å². The summed E-state index contributed by atoms with van der Waals surface area (Å²) in [6, 6.07) is 10.3. The van der Waals surface area contributed by atoms with Gasteiger partial charge >= 0.3 is 6.03 Å². The average Bonchev–Trinajstić information content (AvgIpc) is 2.97. The fourth-order valence-corrected chi connectivity index (χ4v) is 4.97. The molecule has 232 valence electrons. The first-order valence-corrected chi connectivity index (χ1v) is 14.9. The maximum Gasteiger partial charge on any atom is 0.321 e. The van der Waals surface area contributed by atoms with E-state index in [-0.39, 0.29) is 17.8 Å². The summed E-state index contributed by atoms with van der Waals surface area (Å²) in [6.07, 6.45) is 8.57. The Bertz CT molecular complexity index is 1310. The monoisotopic (exact) mass is 593 g/mol. The minimum absolute atomic E-state index is 0.243. The van der Waals surface area contributed by atoms with Gasteiger partial charge in [-0.3, -0.25) is 4.79 Å². The van der Waals surface area contributed by atoms with Crippen LogP contribution in [0.2, 0.25) is 0 Å². The summed E-state index contributed by atoms with van der Waals surface area (Å²) < 4.78 is 25.4. The van der Waals surface area contributed by atoms with E-state index in [1.165, 1.54) is 30.3 Å². The molecule has 1 heterocycles. The molecule has 1 aliphatic heterocycles. The van der Waals surface area contributed by atoms with E-state index in [1.54, 1.807) is 42.2 Å². The van der Waals surface area contributed by atoms with Crippen molar-refractivity contribution in [2.75, 3.05) is 25.0 Å². The SMILES string of the molecule is C=C/C(=C\C=C(/C)Oc1cc(NC(=O)N2CCC(O)(CC(CC)CC)CC2)cc(Oc2ccc(F)cc2)c1)C(=O)NCC. The van der Waals surface area contributed by atoms with Gasteiger partial charge in [-0.15, -0.1) is 0 Å². The highest BCUT2D eigenvalue weighted by Gasteiger charge is 2.35. The second kappa shape index (κ2) is 15.9. The number of carbonyl (C=O) groups is 2. The Morgan fingerprint density at radius 2 is 1.70 bits per heavy atom. The summed E-state index contributed by atoms with van der Waals surface area (Å²) in [5, 5.41) is 16.8. The van der Waals surface area contributed by atoms with E-state index in [0.717, 1.165) is 19.3 Å². The van der Waals surface area contributed by atoms with Crippen molar-refractivity contribution in [1.82, 2.24) is 10.2 Å². The molecule has 0 aromatic heterocycles. The van der Waals surface area contributed by atoms with Gasteiger partial charge in [-0.1, -0.05) is 39.3 Å². The first-order chi connectivity index (χ1) is 20.6. The highest BCUT2D eigenvalue weighted by molar-refractivity contribution is 5.96. The zero-order valence-corrected chi connectivity index (χ0v) is 25.6. The minimum Gasteiger partial charge on any atom is -0.462 e.